The predicted molar refractivity (Wildman–Crippen MR) is 84.6 cm³/mol. The van der Waals surface area contributed by atoms with Gasteiger partial charge in [0.15, 0.2) is 0 Å². The van der Waals surface area contributed by atoms with E-state index < -0.39 is 6.10 Å². The second-order valence-electron chi connectivity index (χ2n) is 3.89. The Hall–Kier alpha value is 0.0900. The van der Waals surface area contributed by atoms with Crippen molar-refractivity contribution in [3.8, 4) is 0 Å². The molecule has 1 N–H and O–H groups in total. The van der Waals surface area contributed by atoms with Gasteiger partial charge in [-0.1, -0.05) is 18.2 Å². The summed E-state index contributed by atoms with van der Waals surface area (Å²) >= 11 is 7.47. The van der Waals surface area contributed by atoms with Crippen LogP contribution in [-0.4, -0.2) is 5.11 Å². The van der Waals surface area contributed by atoms with E-state index in [2.05, 4.69) is 51.5 Å². The van der Waals surface area contributed by atoms with Gasteiger partial charge in [0.05, 0.1) is 6.10 Å². The maximum absolute atomic E-state index is 10.3. The van der Waals surface area contributed by atoms with E-state index in [1.807, 2.05) is 23.6 Å². The third-order valence-electron chi connectivity index (χ3n) is 2.65. The van der Waals surface area contributed by atoms with E-state index in [1.54, 1.807) is 11.3 Å². The van der Waals surface area contributed by atoms with Crippen molar-refractivity contribution in [1.29, 1.82) is 0 Å². The minimum atomic E-state index is -0.434. The summed E-state index contributed by atoms with van der Waals surface area (Å²) in [5.74, 6) is 0. The summed E-state index contributed by atoms with van der Waals surface area (Å²) in [6.45, 7) is 2.07. The molecule has 0 radical (unpaired) electrons. The lowest BCUT2D eigenvalue weighted by atomic mass is 10.0. The summed E-state index contributed by atoms with van der Waals surface area (Å²) in [6.07, 6.45) is 0.231. The van der Waals surface area contributed by atoms with Crippen LogP contribution in [0.5, 0.6) is 0 Å². The van der Waals surface area contributed by atoms with Crippen molar-refractivity contribution >= 4 is 49.9 Å². The molecule has 4 heteroatoms. The van der Waals surface area contributed by atoms with Gasteiger partial charge < -0.3 is 5.11 Å². The average Bonchev–Trinajstić information content (AvgIpc) is 2.68. The highest BCUT2D eigenvalue weighted by Crippen LogP contribution is 2.30. The fourth-order valence-corrected chi connectivity index (χ4v) is 3.96. The number of hydrogen-bond acceptors (Lipinski definition) is 2. The van der Waals surface area contributed by atoms with E-state index in [4.69, 9.17) is 0 Å². The lowest BCUT2D eigenvalue weighted by Crippen LogP contribution is -2.04. The van der Waals surface area contributed by atoms with Crippen molar-refractivity contribution in [1.82, 2.24) is 0 Å². The molecule has 1 aromatic heterocycles. The Balaban J connectivity index is 2.23. The third kappa shape index (κ3) is 3.10. The minimum Gasteiger partial charge on any atom is -0.388 e. The highest BCUT2D eigenvalue weighted by molar-refractivity contribution is 14.1. The van der Waals surface area contributed by atoms with Gasteiger partial charge in [-0.3, -0.25) is 0 Å². The van der Waals surface area contributed by atoms with Crippen LogP contribution in [0.15, 0.2) is 34.1 Å². The molecule has 0 spiro atoms. The van der Waals surface area contributed by atoms with Gasteiger partial charge in [-0.2, -0.15) is 0 Å². The first kappa shape index (κ1) is 13.5. The van der Waals surface area contributed by atoms with Gasteiger partial charge in [0.25, 0.3) is 0 Å². The molecule has 0 aliphatic rings. The summed E-state index contributed by atoms with van der Waals surface area (Å²) in [6, 6.07) is 8.09. The molecule has 0 saturated carbocycles. The van der Waals surface area contributed by atoms with Crippen LogP contribution in [0.3, 0.4) is 0 Å². The second kappa shape index (κ2) is 5.82. The fraction of sp³-hybridized carbons (Fsp3) is 0.231. The van der Waals surface area contributed by atoms with Crippen LogP contribution in [0.2, 0.25) is 0 Å². The average molecular weight is 423 g/mol. The summed E-state index contributed by atoms with van der Waals surface area (Å²) in [5, 5.41) is 12.3. The monoisotopic (exact) mass is 422 g/mol. The van der Waals surface area contributed by atoms with E-state index in [0.717, 1.165) is 13.6 Å². The largest absolute Gasteiger partial charge is 0.388 e. The first-order valence-corrected chi connectivity index (χ1v) is 7.99. The van der Waals surface area contributed by atoms with Gasteiger partial charge in [-0.15, -0.1) is 11.3 Å². The zero-order valence-corrected chi connectivity index (χ0v) is 13.8. The molecule has 0 aliphatic heterocycles. The van der Waals surface area contributed by atoms with Crippen molar-refractivity contribution in [3.05, 3.63) is 53.7 Å². The summed E-state index contributed by atoms with van der Waals surface area (Å²) in [7, 11) is 0. The van der Waals surface area contributed by atoms with Crippen LogP contribution in [-0.2, 0) is 6.42 Å². The normalized spacial score (nSPS) is 12.7. The van der Waals surface area contributed by atoms with Crippen molar-refractivity contribution in [2.75, 3.05) is 0 Å². The smallest absolute Gasteiger partial charge is 0.0848 e. The molecule has 2 rings (SSSR count). The molecule has 0 saturated heterocycles. The molecule has 1 atom stereocenters. The number of benzene rings is 1. The van der Waals surface area contributed by atoms with Crippen LogP contribution in [0.1, 0.15) is 22.1 Å². The highest BCUT2D eigenvalue weighted by Gasteiger charge is 2.15. The van der Waals surface area contributed by atoms with Gasteiger partial charge in [0.1, 0.15) is 0 Å². The van der Waals surface area contributed by atoms with Crippen molar-refractivity contribution in [2.45, 2.75) is 19.4 Å². The molecule has 1 unspecified atom stereocenters. The maximum Gasteiger partial charge on any atom is 0.0848 e. The van der Waals surface area contributed by atoms with Crippen LogP contribution < -0.4 is 0 Å². The highest BCUT2D eigenvalue weighted by atomic mass is 127. The lowest BCUT2D eigenvalue weighted by molar-refractivity contribution is 0.178. The first-order valence-electron chi connectivity index (χ1n) is 5.24. The maximum atomic E-state index is 10.3. The Morgan fingerprint density at radius 2 is 2.18 bits per heavy atom. The zero-order valence-electron chi connectivity index (χ0n) is 9.28. The Kier molecular flexibility index (Phi) is 4.63. The zero-order chi connectivity index (χ0) is 12.4. The number of rotatable bonds is 3. The number of aliphatic hydroxyl groups is 1. The molecular formula is C13H12BrIOS. The van der Waals surface area contributed by atoms with Gasteiger partial charge in [-0.25, -0.2) is 0 Å². The topological polar surface area (TPSA) is 20.2 Å². The first-order chi connectivity index (χ1) is 8.09. The van der Waals surface area contributed by atoms with Gasteiger partial charge >= 0.3 is 0 Å². The second-order valence-corrected chi connectivity index (χ2v) is 6.82. The van der Waals surface area contributed by atoms with Crippen molar-refractivity contribution in [2.24, 2.45) is 0 Å². The molecule has 1 nitrogen and oxygen atoms in total. The fourth-order valence-electron chi connectivity index (χ4n) is 1.68. The summed E-state index contributed by atoms with van der Waals surface area (Å²) in [5.41, 5.74) is 2.23. The molecule has 0 aliphatic carbocycles. The van der Waals surface area contributed by atoms with E-state index in [1.165, 1.54) is 10.4 Å². The van der Waals surface area contributed by atoms with Crippen LogP contribution in [0.4, 0.5) is 0 Å². The van der Waals surface area contributed by atoms with E-state index >= 15 is 0 Å². The van der Waals surface area contributed by atoms with E-state index in [9.17, 15) is 5.11 Å². The molecule has 90 valence electrons. The van der Waals surface area contributed by atoms with E-state index in [0.29, 0.717) is 6.42 Å². The van der Waals surface area contributed by atoms with Crippen LogP contribution in [0.25, 0.3) is 0 Å². The predicted octanol–water partition coefficient (Wildman–Crippen LogP) is 4.70. The molecule has 1 aromatic carbocycles. The number of halogens is 2. The standard InChI is InChI=1S/C13H12BrIOS/c1-8-3-2-4-9(13(8)15)11(16)7-12-10(14)5-6-17-12/h2-6,11,16H,7H2,1H3. The van der Waals surface area contributed by atoms with Crippen molar-refractivity contribution < 1.29 is 5.11 Å². The summed E-state index contributed by atoms with van der Waals surface area (Å²) in [4.78, 5) is 1.19. The Labute approximate surface area is 127 Å². The van der Waals surface area contributed by atoms with Gasteiger partial charge in [-0.05, 0) is 68.0 Å². The molecule has 0 amide bonds. The molecule has 0 fully saturated rings. The minimum absolute atomic E-state index is 0.434. The van der Waals surface area contributed by atoms with Crippen LogP contribution >= 0.6 is 49.9 Å². The molecular weight excluding hydrogens is 411 g/mol. The molecule has 0 bridgehead atoms. The summed E-state index contributed by atoms with van der Waals surface area (Å²) < 4.78 is 2.24. The third-order valence-corrected chi connectivity index (χ3v) is 6.07. The quantitative estimate of drug-likeness (QED) is 0.710. The lowest BCUT2D eigenvalue weighted by Gasteiger charge is -2.13. The van der Waals surface area contributed by atoms with E-state index in [-0.39, 0.29) is 0 Å². The van der Waals surface area contributed by atoms with Gasteiger partial charge in [0.2, 0.25) is 0 Å². The van der Waals surface area contributed by atoms with Crippen molar-refractivity contribution in [3.63, 3.8) is 0 Å². The molecule has 1 heterocycles. The number of hydrogen-bond donors (Lipinski definition) is 1. The molecule has 2 aromatic rings. The Bertz CT molecular complexity index is 524. The Morgan fingerprint density at radius 1 is 1.41 bits per heavy atom. The Morgan fingerprint density at radius 3 is 2.82 bits per heavy atom. The number of thiophene rings is 1. The number of aliphatic hydroxyl groups excluding tert-OH is 1. The SMILES string of the molecule is Cc1cccc(C(O)Cc2sccc2Br)c1I. The number of aryl methyl sites for hydroxylation is 1. The van der Waals surface area contributed by atoms with Crippen LogP contribution in [0, 0.1) is 10.5 Å². The molecule has 17 heavy (non-hydrogen) atoms. The van der Waals surface area contributed by atoms with Gasteiger partial charge in [0, 0.05) is 19.3 Å².